The van der Waals surface area contributed by atoms with Crippen LogP contribution in [0.2, 0.25) is 0 Å². The van der Waals surface area contributed by atoms with Crippen molar-refractivity contribution in [1.82, 2.24) is 5.32 Å². The lowest BCUT2D eigenvalue weighted by molar-refractivity contribution is 0.110. The van der Waals surface area contributed by atoms with Crippen molar-refractivity contribution in [2.75, 3.05) is 31.6 Å². The molecule has 2 heterocycles. The van der Waals surface area contributed by atoms with Crippen LogP contribution in [0.1, 0.15) is 32.3 Å². The molecule has 1 fully saturated rings. The largest absolute Gasteiger partial charge is 0.484 e. The van der Waals surface area contributed by atoms with Gasteiger partial charge in [-0.1, -0.05) is 6.07 Å². The van der Waals surface area contributed by atoms with Crippen LogP contribution in [0.4, 0.5) is 5.69 Å². The molecule has 116 valence electrons. The van der Waals surface area contributed by atoms with Gasteiger partial charge in [-0.25, -0.2) is 0 Å². The van der Waals surface area contributed by atoms with Gasteiger partial charge in [0.05, 0.1) is 18.3 Å². The molecule has 3 rings (SSSR count). The molecule has 2 N–H and O–H groups in total. The lowest BCUT2D eigenvalue weighted by Gasteiger charge is -2.33. The van der Waals surface area contributed by atoms with Crippen LogP contribution in [-0.2, 0) is 11.2 Å². The first-order valence-electron chi connectivity index (χ1n) is 8.00. The van der Waals surface area contributed by atoms with Crippen LogP contribution < -0.4 is 15.4 Å². The maximum absolute atomic E-state index is 5.97. The lowest BCUT2D eigenvalue weighted by atomic mass is 10.0. The van der Waals surface area contributed by atoms with Crippen LogP contribution in [0.3, 0.4) is 0 Å². The first-order valence-corrected chi connectivity index (χ1v) is 8.00. The number of nitrogens with one attached hydrogen (secondary N) is 2. The molecule has 0 aliphatic carbocycles. The Balaban J connectivity index is 1.48. The van der Waals surface area contributed by atoms with Gasteiger partial charge in [0, 0.05) is 13.2 Å². The molecule has 1 aromatic rings. The van der Waals surface area contributed by atoms with Gasteiger partial charge < -0.3 is 20.1 Å². The van der Waals surface area contributed by atoms with E-state index in [0.29, 0.717) is 6.10 Å². The maximum Gasteiger partial charge on any atom is 0.143 e. The topological polar surface area (TPSA) is 42.5 Å². The molecule has 21 heavy (non-hydrogen) atoms. The van der Waals surface area contributed by atoms with Crippen LogP contribution in [0.15, 0.2) is 18.2 Å². The van der Waals surface area contributed by atoms with Gasteiger partial charge in [0.15, 0.2) is 0 Å². The molecule has 4 heteroatoms. The summed E-state index contributed by atoms with van der Waals surface area (Å²) in [4.78, 5) is 0. The predicted molar refractivity (Wildman–Crippen MR) is 85.2 cm³/mol. The number of hydrogen-bond acceptors (Lipinski definition) is 4. The summed E-state index contributed by atoms with van der Waals surface area (Å²) in [5.74, 6) is 0.960. The first-order chi connectivity index (χ1) is 10.1. The van der Waals surface area contributed by atoms with Crippen molar-refractivity contribution in [3.63, 3.8) is 0 Å². The lowest BCUT2D eigenvalue weighted by Crippen LogP contribution is -2.40. The van der Waals surface area contributed by atoms with Crippen LogP contribution >= 0.6 is 0 Å². The Morgan fingerprint density at radius 3 is 3.10 bits per heavy atom. The van der Waals surface area contributed by atoms with Gasteiger partial charge in [-0.2, -0.15) is 0 Å². The number of anilines is 1. The van der Waals surface area contributed by atoms with Crippen molar-refractivity contribution in [2.24, 2.45) is 0 Å². The van der Waals surface area contributed by atoms with E-state index in [1.807, 2.05) is 0 Å². The summed E-state index contributed by atoms with van der Waals surface area (Å²) in [6.45, 7) is 7.95. The second kappa shape index (κ2) is 6.24. The summed E-state index contributed by atoms with van der Waals surface area (Å²) in [6, 6.07) is 6.45. The molecule has 1 saturated heterocycles. The summed E-state index contributed by atoms with van der Waals surface area (Å²) < 4.78 is 11.6. The van der Waals surface area contributed by atoms with E-state index in [0.717, 1.165) is 44.1 Å². The minimum atomic E-state index is -0.128. The highest BCUT2D eigenvalue weighted by Crippen LogP contribution is 2.33. The van der Waals surface area contributed by atoms with Crippen LogP contribution in [-0.4, -0.2) is 37.9 Å². The van der Waals surface area contributed by atoms with Crippen LogP contribution in [0, 0.1) is 0 Å². The summed E-state index contributed by atoms with van der Waals surface area (Å²) in [5.41, 5.74) is 2.33. The third-order valence-electron chi connectivity index (χ3n) is 4.12. The Hall–Kier alpha value is -1.26. The number of fused-ring (bicyclic) bond motifs is 1. The van der Waals surface area contributed by atoms with Crippen molar-refractivity contribution >= 4 is 5.69 Å². The van der Waals surface area contributed by atoms with Gasteiger partial charge in [-0.3, -0.25) is 0 Å². The van der Waals surface area contributed by atoms with Gasteiger partial charge in [-0.15, -0.1) is 0 Å². The van der Waals surface area contributed by atoms with E-state index in [9.17, 15) is 0 Å². The van der Waals surface area contributed by atoms with E-state index >= 15 is 0 Å². The maximum atomic E-state index is 5.97. The molecule has 1 aromatic carbocycles. The first kappa shape index (κ1) is 14.7. The molecule has 2 aliphatic heterocycles. The minimum absolute atomic E-state index is 0.128. The quantitative estimate of drug-likeness (QED) is 0.818. The van der Waals surface area contributed by atoms with Crippen molar-refractivity contribution in [3.8, 4) is 5.75 Å². The van der Waals surface area contributed by atoms with Gasteiger partial charge in [0.2, 0.25) is 0 Å². The molecule has 0 saturated carbocycles. The van der Waals surface area contributed by atoms with Crippen molar-refractivity contribution < 1.29 is 9.47 Å². The van der Waals surface area contributed by atoms with Gasteiger partial charge in [-0.05, 0) is 57.4 Å². The molecule has 1 atom stereocenters. The molecule has 4 nitrogen and oxygen atoms in total. The SMILES string of the molecule is CC1(C)CNc2cc(CCNCC3CCCO3)ccc2O1. The Bertz CT molecular complexity index is 482. The average molecular weight is 290 g/mol. The molecule has 0 radical (unpaired) electrons. The zero-order valence-corrected chi connectivity index (χ0v) is 13.1. The molecule has 0 spiro atoms. The molecule has 0 amide bonds. The number of rotatable bonds is 5. The number of ether oxygens (including phenoxy) is 2. The second-order valence-electron chi connectivity index (χ2n) is 6.63. The molecule has 2 aliphatic rings. The third-order valence-corrected chi connectivity index (χ3v) is 4.12. The summed E-state index contributed by atoms with van der Waals surface area (Å²) in [7, 11) is 0. The highest BCUT2D eigenvalue weighted by Gasteiger charge is 2.26. The van der Waals surface area contributed by atoms with Crippen molar-refractivity contribution in [2.45, 2.75) is 44.8 Å². The highest BCUT2D eigenvalue weighted by molar-refractivity contribution is 5.60. The Labute approximate surface area is 127 Å². The molecule has 1 unspecified atom stereocenters. The zero-order chi connectivity index (χ0) is 14.7. The summed E-state index contributed by atoms with van der Waals surface area (Å²) >= 11 is 0. The van der Waals surface area contributed by atoms with E-state index in [2.05, 4.69) is 42.7 Å². The smallest absolute Gasteiger partial charge is 0.143 e. The Morgan fingerprint density at radius 2 is 2.29 bits per heavy atom. The third kappa shape index (κ3) is 3.89. The van der Waals surface area contributed by atoms with E-state index < -0.39 is 0 Å². The number of benzene rings is 1. The molecular weight excluding hydrogens is 264 g/mol. The van der Waals surface area contributed by atoms with E-state index in [4.69, 9.17) is 9.47 Å². The van der Waals surface area contributed by atoms with Crippen LogP contribution in [0.5, 0.6) is 5.75 Å². The van der Waals surface area contributed by atoms with Crippen molar-refractivity contribution in [1.29, 1.82) is 0 Å². The Morgan fingerprint density at radius 1 is 1.38 bits per heavy atom. The molecule has 0 aromatic heterocycles. The summed E-state index contributed by atoms with van der Waals surface area (Å²) in [5, 5.41) is 6.96. The normalized spacial score (nSPS) is 23.2. The molecule has 0 bridgehead atoms. The van der Waals surface area contributed by atoms with Crippen LogP contribution in [0.25, 0.3) is 0 Å². The second-order valence-corrected chi connectivity index (χ2v) is 6.63. The van der Waals surface area contributed by atoms with Gasteiger partial charge >= 0.3 is 0 Å². The minimum Gasteiger partial charge on any atom is -0.484 e. The monoisotopic (exact) mass is 290 g/mol. The number of hydrogen-bond donors (Lipinski definition) is 2. The molecular formula is C17H26N2O2. The van der Waals surface area contributed by atoms with Gasteiger partial charge in [0.25, 0.3) is 0 Å². The fourth-order valence-electron chi connectivity index (χ4n) is 2.90. The van der Waals surface area contributed by atoms with Crippen molar-refractivity contribution in [3.05, 3.63) is 23.8 Å². The average Bonchev–Trinajstić information content (AvgIpc) is 2.96. The predicted octanol–water partition coefficient (Wildman–Crippen LogP) is 2.58. The van der Waals surface area contributed by atoms with E-state index in [1.54, 1.807) is 0 Å². The standard InChI is InChI=1S/C17H26N2O2/c1-17(2)12-19-15-10-13(5-6-16(15)21-17)7-8-18-11-14-4-3-9-20-14/h5-6,10,14,18-19H,3-4,7-9,11-12H2,1-2H3. The summed E-state index contributed by atoms with van der Waals surface area (Å²) in [6.07, 6.45) is 3.86. The zero-order valence-electron chi connectivity index (χ0n) is 13.1. The highest BCUT2D eigenvalue weighted by atomic mass is 16.5. The van der Waals surface area contributed by atoms with E-state index in [1.165, 1.54) is 18.4 Å². The Kier molecular flexibility index (Phi) is 4.36. The fraction of sp³-hybridized carbons (Fsp3) is 0.647. The van der Waals surface area contributed by atoms with E-state index in [-0.39, 0.29) is 5.60 Å². The fourth-order valence-corrected chi connectivity index (χ4v) is 2.90. The van der Waals surface area contributed by atoms with Gasteiger partial charge in [0.1, 0.15) is 11.4 Å².